The predicted octanol–water partition coefficient (Wildman–Crippen LogP) is 29.4. The molecule has 20 aromatic carbocycles. The van der Waals surface area contributed by atoms with Crippen LogP contribution >= 0.6 is 0 Å². The average Bonchev–Trinajstić information content (AvgIpc) is 1.49. The van der Waals surface area contributed by atoms with E-state index >= 15 is 0 Å². The van der Waals surface area contributed by atoms with Gasteiger partial charge in [-0.15, -0.1) is 0 Å². The third kappa shape index (κ3) is 7.93. The van der Waals surface area contributed by atoms with Gasteiger partial charge in [0, 0.05) is 0 Å². The Balaban J connectivity index is 0.863. The minimum absolute atomic E-state index is 0.975. The molecule has 490 valence electrons. The molecule has 0 spiro atoms. The zero-order valence-electron chi connectivity index (χ0n) is 59.6. The first kappa shape index (κ1) is 59.7. The van der Waals surface area contributed by atoms with E-state index in [-0.39, 0.29) is 0 Å². The van der Waals surface area contributed by atoms with Crippen LogP contribution in [0.15, 0.2) is 267 Å². The molecule has 104 heavy (non-hydrogen) atoms. The molecule has 0 radical (unpaired) electrons. The second-order valence-corrected chi connectivity index (χ2v) is 29.9. The van der Waals surface area contributed by atoms with Crippen LogP contribution in [0.25, 0.3) is 230 Å². The summed E-state index contributed by atoms with van der Waals surface area (Å²) in [5.41, 5.74) is 34.2. The van der Waals surface area contributed by atoms with E-state index in [1.54, 1.807) is 0 Å². The van der Waals surface area contributed by atoms with Crippen molar-refractivity contribution in [2.24, 2.45) is 0 Å². The topological polar surface area (TPSA) is 0 Å². The van der Waals surface area contributed by atoms with Crippen LogP contribution in [0.4, 0.5) is 0 Å². The molecule has 0 heteroatoms. The van der Waals surface area contributed by atoms with Crippen molar-refractivity contribution in [2.75, 3.05) is 0 Å². The van der Waals surface area contributed by atoms with E-state index < -0.39 is 0 Å². The highest BCUT2D eigenvalue weighted by atomic mass is 14.4. The van der Waals surface area contributed by atoms with Gasteiger partial charge in [0.1, 0.15) is 0 Å². The van der Waals surface area contributed by atoms with Crippen LogP contribution in [-0.2, 0) is 38.5 Å². The molecule has 2 aliphatic rings. The third-order valence-electron chi connectivity index (χ3n) is 25.1. The van der Waals surface area contributed by atoms with E-state index in [1.807, 2.05) is 0 Å². The standard InChI is InChI=1S/C104H74/c1-7-57-21-33-63(34-22-57)85-69-17-13-14-18-70(69)86(64-35-23-58(8-2)24-36-64)98-78-50-46-74-76-48-52-82-94-81(51-47-75(92(76)94)73-45-49-77(97(85)98)93(78)91(73)74)101-89(67-41-29-61(11-5)30-42-67)103-83-55-53-79-95-80(54-56-84(96(83)95)104(103)90(102(82)101)68-43-31-62(12-6)32-44-68)100-88(66-39-27-60(10-4)28-40-66)72-20-16-15-19-71(72)87(99(79)100)65-37-25-59(9-3)26-38-65/h13-56H,7-12H2,1-6H3. The lowest BCUT2D eigenvalue weighted by Gasteiger charge is -2.21. The van der Waals surface area contributed by atoms with Crippen LogP contribution in [-0.4, -0.2) is 0 Å². The van der Waals surface area contributed by atoms with Crippen molar-refractivity contribution in [3.8, 4) is 111 Å². The van der Waals surface area contributed by atoms with Gasteiger partial charge in [-0.1, -0.05) is 308 Å². The van der Waals surface area contributed by atoms with Gasteiger partial charge in [-0.3, -0.25) is 0 Å². The van der Waals surface area contributed by atoms with E-state index in [4.69, 9.17) is 0 Å². The Bertz CT molecular complexity index is 6630. The molecular weight excluding hydrogens is 1250 g/mol. The van der Waals surface area contributed by atoms with E-state index in [9.17, 15) is 0 Å². The highest BCUT2D eigenvalue weighted by Gasteiger charge is 2.37. The van der Waals surface area contributed by atoms with Crippen LogP contribution < -0.4 is 0 Å². The van der Waals surface area contributed by atoms with Crippen molar-refractivity contribution in [2.45, 2.75) is 80.1 Å². The van der Waals surface area contributed by atoms with Crippen molar-refractivity contribution in [1.82, 2.24) is 0 Å². The molecule has 0 aliphatic heterocycles. The van der Waals surface area contributed by atoms with Gasteiger partial charge in [0.15, 0.2) is 0 Å². The lowest BCUT2D eigenvalue weighted by atomic mass is 9.82. The van der Waals surface area contributed by atoms with Gasteiger partial charge in [-0.25, -0.2) is 0 Å². The van der Waals surface area contributed by atoms with Gasteiger partial charge in [0.2, 0.25) is 0 Å². The molecule has 20 aromatic rings. The highest BCUT2D eigenvalue weighted by molar-refractivity contribution is 6.51. The maximum absolute atomic E-state index is 2.54. The molecule has 22 rings (SSSR count). The molecular formula is C104H74. The molecule has 0 amide bonds. The number of hydrogen-bond donors (Lipinski definition) is 0. The molecule has 2 aliphatic carbocycles. The fourth-order valence-corrected chi connectivity index (χ4v) is 20.1. The van der Waals surface area contributed by atoms with Crippen molar-refractivity contribution in [3.05, 3.63) is 300 Å². The largest absolute Gasteiger partial charge is 0.0616 e. The maximum atomic E-state index is 2.54. The number of aryl methyl sites for hydroxylation is 6. The summed E-state index contributed by atoms with van der Waals surface area (Å²) in [5.74, 6) is 0. The Morgan fingerprint density at radius 3 is 0.558 bits per heavy atom. The first-order valence-electron chi connectivity index (χ1n) is 38.2. The minimum atomic E-state index is 0.975. The molecule has 0 heterocycles. The Kier molecular flexibility index (Phi) is 12.8. The summed E-state index contributed by atoms with van der Waals surface area (Å²) >= 11 is 0. The van der Waals surface area contributed by atoms with E-state index in [0.717, 1.165) is 38.5 Å². The summed E-state index contributed by atoms with van der Waals surface area (Å²) in [5, 5.41) is 29.2. The van der Waals surface area contributed by atoms with Gasteiger partial charge in [0.25, 0.3) is 0 Å². The molecule has 0 bridgehead atoms. The Hall–Kier alpha value is -12.0. The summed E-state index contributed by atoms with van der Waals surface area (Å²) in [6.07, 6.45) is 5.96. The average molecular weight is 1320 g/mol. The Labute approximate surface area is 606 Å². The molecule has 0 N–H and O–H groups in total. The summed E-state index contributed by atoms with van der Waals surface area (Å²) in [6.45, 7) is 13.6. The van der Waals surface area contributed by atoms with Crippen molar-refractivity contribution in [3.63, 3.8) is 0 Å². The quantitative estimate of drug-likeness (QED) is 0.0845. The molecule has 0 nitrogen and oxygen atoms in total. The lowest BCUT2D eigenvalue weighted by Crippen LogP contribution is -1.94. The van der Waals surface area contributed by atoms with Gasteiger partial charge in [-0.05, 0) is 302 Å². The summed E-state index contributed by atoms with van der Waals surface area (Å²) in [4.78, 5) is 0. The van der Waals surface area contributed by atoms with Gasteiger partial charge in [-0.2, -0.15) is 0 Å². The normalized spacial score (nSPS) is 12.6. The fourth-order valence-electron chi connectivity index (χ4n) is 20.1. The summed E-state index contributed by atoms with van der Waals surface area (Å²) in [6, 6.07) is 106. The molecule has 0 saturated heterocycles. The maximum Gasteiger partial charge on any atom is -0.000717 e. The second-order valence-electron chi connectivity index (χ2n) is 29.9. The summed E-state index contributed by atoms with van der Waals surface area (Å²) in [7, 11) is 0. The first-order chi connectivity index (χ1) is 51.4. The van der Waals surface area contributed by atoms with Gasteiger partial charge < -0.3 is 0 Å². The fraction of sp³-hybridized carbons (Fsp3) is 0.115. The van der Waals surface area contributed by atoms with Crippen molar-refractivity contribution in [1.29, 1.82) is 0 Å². The van der Waals surface area contributed by atoms with E-state index in [2.05, 4.69) is 308 Å². The SMILES string of the molecule is CCc1ccc(-c2c3c(c(-c4ccc(CC)cc4)c4ccccc24)-c2ccc4c5ccc6c7c(-c8ccc(CC)cc8)c8c9ccc%10c%11c(ccc(c8c(-c8ccc(CC)cc8)c7c7ccc(c8ccc-3c2c84)c5c76)c%119)-c2c-%10c(-c3ccc(CC)cc3)c3ccccc3c2-c2ccc(CC)cc2)cc1. The smallest absolute Gasteiger partial charge is 0.000717 e. The minimum Gasteiger partial charge on any atom is -0.0616 e. The number of fused-ring (bicyclic) bond motifs is 16. The van der Waals surface area contributed by atoms with Crippen LogP contribution in [0.1, 0.15) is 74.9 Å². The Morgan fingerprint density at radius 1 is 0.135 bits per heavy atom. The Morgan fingerprint density at radius 2 is 0.317 bits per heavy atom. The molecule has 0 atom stereocenters. The van der Waals surface area contributed by atoms with Crippen LogP contribution in [0.5, 0.6) is 0 Å². The number of benzene rings is 18. The van der Waals surface area contributed by atoms with Crippen LogP contribution in [0.2, 0.25) is 0 Å². The second kappa shape index (κ2) is 22.3. The van der Waals surface area contributed by atoms with Crippen LogP contribution in [0, 0.1) is 0 Å². The molecule has 0 saturated carbocycles. The van der Waals surface area contributed by atoms with Crippen molar-refractivity contribution >= 4 is 118 Å². The lowest BCUT2D eigenvalue weighted by molar-refractivity contribution is 1.14. The zero-order chi connectivity index (χ0) is 69.1. The first-order valence-corrected chi connectivity index (χ1v) is 38.2. The number of rotatable bonds is 12. The van der Waals surface area contributed by atoms with Gasteiger partial charge in [0.05, 0.1) is 0 Å². The predicted molar refractivity (Wildman–Crippen MR) is 450 cm³/mol. The van der Waals surface area contributed by atoms with Crippen molar-refractivity contribution < 1.29 is 0 Å². The third-order valence-corrected chi connectivity index (χ3v) is 25.1. The summed E-state index contributed by atoms with van der Waals surface area (Å²) < 4.78 is 0. The van der Waals surface area contributed by atoms with E-state index in [1.165, 1.54) is 263 Å². The zero-order valence-corrected chi connectivity index (χ0v) is 59.6. The number of hydrogen-bond acceptors (Lipinski definition) is 0. The molecule has 0 aromatic heterocycles. The molecule has 0 fully saturated rings. The monoisotopic (exact) mass is 1320 g/mol. The van der Waals surface area contributed by atoms with Gasteiger partial charge >= 0.3 is 0 Å². The van der Waals surface area contributed by atoms with E-state index in [0.29, 0.717) is 0 Å². The van der Waals surface area contributed by atoms with Crippen LogP contribution in [0.3, 0.4) is 0 Å². The molecule has 0 unspecified atom stereocenters. The highest BCUT2D eigenvalue weighted by Crippen LogP contribution is 2.65.